The molecule has 1 rings (SSSR count). The molecule has 28 heavy (non-hydrogen) atoms. The van der Waals surface area contributed by atoms with Gasteiger partial charge in [0.25, 0.3) is 5.91 Å². The highest BCUT2D eigenvalue weighted by Gasteiger charge is 2.35. The molecule has 0 saturated heterocycles. The molecule has 0 aromatic heterocycles. The predicted octanol–water partition coefficient (Wildman–Crippen LogP) is 2.07. The summed E-state index contributed by atoms with van der Waals surface area (Å²) in [5.74, 6) is 5.21. The van der Waals surface area contributed by atoms with Crippen LogP contribution in [0.15, 0.2) is 12.2 Å². The lowest BCUT2D eigenvalue weighted by Crippen LogP contribution is -2.58. The largest absolute Gasteiger partial charge is 0.367 e. The van der Waals surface area contributed by atoms with Crippen LogP contribution in [0.4, 0.5) is 0 Å². The first-order valence-electron chi connectivity index (χ1n) is 9.99. The maximum Gasteiger partial charge on any atom is 0.251 e. The lowest BCUT2D eigenvalue weighted by atomic mass is 9.95. The number of primary amides is 1. The van der Waals surface area contributed by atoms with Crippen molar-refractivity contribution in [2.24, 2.45) is 17.6 Å². The summed E-state index contributed by atoms with van der Waals surface area (Å²) in [7, 11) is 0. The van der Waals surface area contributed by atoms with E-state index >= 15 is 0 Å². The molecule has 0 spiro atoms. The van der Waals surface area contributed by atoms with Gasteiger partial charge in [0.15, 0.2) is 11.3 Å². The summed E-state index contributed by atoms with van der Waals surface area (Å²) >= 11 is 3.36. The van der Waals surface area contributed by atoms with Gasteiger partial charge < -0.3 is 11.1 Å². The molecule has 3 atom stereocenters. The highest BCUT2D eigenvalue weighted by atomic mass is 32.2. The number of thioether (sulfide) groups is 2. The smallest absolute Gasteiger partial charge is 0.251 e. The van der Waals surface area contributed by atoms with Gasteiger partial charge in [0.05, 0.1) is 6.54 Å². The molecule has 0 saturated carbocycles. The normalized spacial score (nSPS) is 27.9. The second-order valence-corrected chi connectivity index (χ2v) is 9.35. The van der Waals surface area contributed by atoms with Gasteiger partial charge in [-0.1, -0.05) is 51.7 Å². The molecule has 1 heterocycles. The van der Waals surface area contributed by atoms with Crippen LogP contribution in [0.1, 0.15) is 33.6 Å². The van der Waals surface area contributed by atoms with Crippen molar-refractivity contribution in [1.29, 1.82) is 0 Å². The number of ketones is 1. The molecule has 0 aromatic rings. The number of nitrogens with two attached hydrogens (primary N) is 1. The zero-order valence-electron chi connectivity index (χ0n) is 17.3. The molecule has 158 valence electrons. The Balaban J connectivity index is 2.92. The third-order valence-corrected chi connectivity index (χ3v) is 7.47. The molecule has 1 aliphatic rings. The lowest BCUT2D eigenvalue weighted by molar-refractivity contribution is -0.124. The third-order valence-electron chi connectivity index (χ3n) is 5.38. The average molecular weight is 426 g/mol. The number of rotatable bonds is 6. The van der Waals surface area contributed by atoms with Crippen molar-refractivity contribution in [2.75, 3.05) is 36.1 Å². The Morgan fingerprint density at radius 3 is 2.61 bits per heavy atom. The minimum absolute atomic E-state index is 0.0402. The molecule has 5 nitrogen and oxygen atoms in total. The molecule has 7 heteroatoms. The second-order valence-electron chi connectivity index (χ2n) is 7.24. The SMILES string of the molecule is C#CC1(C(N)=O)CSCC=CCSCC(NCC(CC)CC)C(C)C(=O)CN1. The molecule has 1 aliphatic heterocycles. The molecule has 0 bridgehead atoms. The van der Waals surface area contributed by atoms with Gasteiger partial charge in [-0.3, -0.25) is 14.9 Å². The standard InChI is InChI=1S/C21H35N3O2S2/c1-5-17(6-2)12-23-18-14-27-10-8-9-11-28-15-21(7-3,20(22)26)24-13-19(25)16(18)4/h3,8-9,16-18,23-24H,5-6,10-15H2,1-2,4H3,(H2,22,26). The van der Waals surface area contributed by atoms with Crippen LogP contribution < -0.4 is 16.4 Å². The molecule has 0 aromatic carbocycles. The van der Waals surface area contributed by atoms with Crippen molar-refractivity contribution >= 4 is 35.2 Å². The molecular weight excluding hydrogens is 390 g/mol. The van der Waals surface area contributed by atoms with E-state index in [1.165, 1.54) is 11.8 Å². The second kappa shape index (κ2) is 13.3. The van der Waals surface area contributed by atoms with Crippen LogP contribution in [0.3, 0.4) is 0 Å². The van der Waals surface area contributed by atoms with Gasteiger partial charge in [0.2, 0.25) is 0 Å². The maximum absolute atomic E-state index is 12.9. The Bertz CT molecular complexity index is 572. The maximum atomic E-state index is 12.9. The number of nitrogens with one attached hydrogen (secondary N) is 2. The monoisotopic (exact) mass is 425 g/mol. The van der Waals surface area contributed by atoms with Gasteiger partial charge in [-0.25, -0.2) is 0 Å². The summed E-state index contributed by atoms with van der Waals surface area (Å²) in [4.78, 5) is 24.9. The number of terminal acetylenes is 1. The summed E-state index contributed by atoms with van der Waals surface area (Å²) in [6, 6.07) is 0.0828. The summed E-state index contributed by atoms with van der Waals surface area (Å²) < 4.78 is 0. The van der Waals surface area contributed by atoms with Crippen molar-refractivity contribution < 1.29 is 9.59 Å². The number of Topliss-reactive ketones (excluding diaryl/α,β-unsaturated/α-hetero) is 1. The first-order valence-corrected chi connectivity index (χ1v) is 12.3. The van der Waals surface area contributed by atoms with Gasteiger partial charge in [-0.05, 0) is 12.5 Å². The van der Waals surface area contributed by atoms with Crippen LogP contribution in [0.2, 0.25) is 0 Å². The summed E-state index contributed by atoms with van der Waals surface area (Å²) in [6.07, 6.45) is 12.1. The van der Waals surface area contributed by atoms with E-state index in [2.05, 4.69) is 42.6 Å². The van der Waals surface area contributed by atoms with Crippen LogP contribution in [0, 0.1) is 24.2 Å². The quantitative estimate of drug-likeness (QED) is 0.446. The van der Waals surface area contributed by atoms with Gasteiger partial charge in [-0.15, -0.1) is 6.42 Å². The zero-order chi connectivity index (χ0) is 21.0. The van der Waals surface area contributed by atoms with Gasteiger partial charge in [0.1, 0.15) is 0 Å². The van der Waals surface area contributed by atoms with Crippen molar-refractivity contribution in [2.45, 2.75) is 45.2 Å². The first-order chi connectivity index (χ1) is 13.4. The van der Waals surface area contributed by atoms with Gasteiger partial charge in [-0.2, -0.15) is 23.5 Å². The molecule has 0 radical (unpaired) electrons. The van der Waals surface area contributed by atoms with E-state index in [9.17, 15) is 9.59 Å². The highest BCUT2D eigenvalue weighted by molar-refractivity contribution is 7.99. The number of carbonyl (C=O) groups excluding carboxylic acids is 2. The van der Waals surface area contributed by atoms with Crippen molar-refractivity contribution in [3.63, 3.8) is 0 Å². The third kappa shape index (κ3) is 7.82. The molecule has 1 amide bonds. The first kappa shape index (κ1) is 25.1. The average Bonchev–Trinajstić information content (AvgIpc) is 2.69. The Kier molecular flexibility index (Phi) is 11.9. The minimum Gasteiger partial charge on any atom is -0.367 e. The Hall–Kier alpha value is -0.940. The van der Waals surface area contributed by atoms with E-state index < -0.39 is 11.4 Å². The molecule has 3 unspecified atom stereocenters. The molecular formula is C21H35N3O2S2. The Labute approximate surface area is 178 Å². The van der Waals surface area contributed by atoms with Gasteiger partial charge in [0, 0.05) is 35.0 Å². The lowest BCUT2D eigenvalue weighted by Gasteiger charge is -2.29. The predicted molar refractivity (Wildman–Crippen MR) is 123 cm³/mol. The fraction of sp³-hybridized carbons (Fsp3) is 0.714. The van der Waals surface area contributed by atoms with Crippen molar-refractivity contribution in [1.82, 2.24) is 10.6 Å². The van der Waals surface area contributed by atoms with Crippen LogP contribution in [-0.4, -0.2) is 59.4 Å². The number of amides is 1. The minimum atomic E-state index is -1.30. The Morgan fingerprint density at radius 2 is 2.04 bits per heavy atom. The van der Waals surface area contributed by atoms with Crippen molar-refractivity contribution in [3.8, 4) is 12.3 Å². The van der Waals surface area contributed by atoms with Gasteiger partial charge >= 0.3 is 0 Å². The number of hydrogen-bond acceptors (Lipinski definition) is 6. The summed E-state index contributed by atoms with van der Waals surface area (Å²) in [6.45, 7) is 7.29. The Morgan fingerprint density at radius 1 is 1.39 bits per heavy atom. The van der Waals surface area contributed by atoms with E-state index in [0.717, 1.165) is 36.6 Å². The topological polar surface area (TPSA) is 84.2 Å². The van der Waals surface area contributed by atoms with E-state index in [0.29, 0.717) is 11.7 Å². The van der Waals surface area contributed by atoms with Crippen LogP contribution in [0.25, 0.3) is 0 Å². The fourth-order valence-electron chi connectivity index (χ4n) is 2.95. The summed E-state index contributed by atoms with van der Waals surface area (Å²) in [5.41, 5.74) is 4.27. The van der Waals surface area contributed by atoms with Crippen LogP contribution in [0.5, 0.6) is 0 Å². The molecule has 0 fully saturated rings. The van der Waals surface area contributed by atoms with E-state index in [1.54, 1.807) is 0 Å². The van der Waals surface area contributed by atoms with Crippen molar-refractivity contribution in [3.05, 3.63) is 12.2 Å². The molecule has 4 N–H and O–H groups in total. The number of hydrogen-bond donors (Lipinski definition) is 3. The van der Waals surface area contributed by atoms with E-state index in [1.807, 2.05) is 18.7 Å². The van der Waals surface area contributed by atoms with E-state index in [4.69, 9.17) is 12.2 Å². The van der Waals surface area contributed by atoms with Crippen LogP contribution in [-0.2, 0) is 9.59 Å². The molecule has 0 aliphatic carbocycles. The van der Waals surface area contributed by atoms with E-state index in [-0.39, 0.29) is 24.3 Å². The zero-order valence-corrected chi connectivity index (χ0v) is 19.0. The summed E-state index contributed by atoms with van der Waals surface area (Å²) in [5, 5.41) is 6.60. The fourth-order valence-corrected chi connectivity index (χ4v) is 5.04. The highest BCUT2D eigenvalue weighted by Crippen LogP contribution is 2.17. The number of carbonyl (C=O) groups is 2. The van der Waals surface area contributed by atoms with Crippen LogP contribution >= 0.6 is 23.5 Å².